The molecule has 5 rings (SSSR count). The maximum Gasteiger partial charge on any atom is 0.393 e. The lowest BCUT2D eigenvalue weighted by molar-refractivity contribution is -0.126. The minimum absolute atomic E-state index is 0.00198. The molecule has 6 nitrogen and oxygen atoms in total. The highest BCUT2D eigenvalue weighted by Gasteiger charge is 2.38. The summed E-state index contributed by atoms with van der Waals surface area (Å²) in [6.45, 7) is 4.35. The first kappa shape index (κ1) is 21.4. The van der Waals surface area contributed by atoms with Gasteiger partial charge in [-0.05, 0) is 42.5 Å². The van der Waals surface area contributed by atoms with Crippen molar-refractivity contribution in [1.82, 2.24) is 19.4 Å². The molecule has 3 aromatic heterocycles. The topological polar surface area (TPSA) is 54.3 Å². The molecule has 2 saturated heterocycles. The van der Waals surface area contributed by atoms with Gasteiger partial charge in [0.1, 0.15) is 17.0 Å². The van der Waals surface area contributed by atoms with Gasteiger partial charge in [-0.2, -0.15) is 13.2 Å². The van der Waals surface area contributed by atoms with E-state index in [-0.39, 0.29) is 10.4 Å². The molecular weight excluding hydrogens is 439 g/mol. The molecule has 0 unspecified atom stereocenters. The number of likely N-dealkylation sites (tertiary alicyclic amines) is 1. The molecule has 0 spiro atoms. The van der Waals surface area contributed by atoms with Crippen molar-refractivity contribution in [2.45, 2.75) is 25.6 Å². The summed E-state index contributed by atoms with van der Waals surface area (Å²) in [5, 5.41) is 0.715. The predicted octanol–water partition coefficient (Wildman–Crippen LogP) is 3.45. The Balaban J connectivity index is 1.30. The average Bonchev–Trinajstić information content (AvgIpc) is 3.32. The van der Waals surface area contributed by atoms with Crippen molar-refractivity contribution >= 4 is 27.4 Å². The first-order valence-electron chi connectivity index (χ1n) is 10.7. The van der Waals surface area contributed by atoms with Crippen LogP contribution in [-0.4, -0.2) is 51.8 Å². The minimum atomic E-state index is -4.23. The van der Waals surface area contributed by atoms with Crippen LogP contribution in [0.4, 0.5) is 19.0 Å². The van der Waals surface area contributed by atoms with Crippen LogP contribution in [0.1, 0.15) is 16.9 Å². The third kappa shape index (κ3) is 4.38. The van der Waals surface area contributed by atoms with Crippen LogP contribution in [0.3, 0.4) is 0 Å². The second-order valence-electron chi connectivity index (χ2n) is 8.85. The number of fused-ring (bicyclic) bond motifs is 2. The van der Waals surface area contributed by atoms with Gasteiger partial charge in [-0.15, -0.1) is 11.3 Å². The summed E-state index contributed by atoms with van der Waals surface area (Å²) in [5.41, 5.74) is 1.02. The van der Waals surface area contributed by atoms with E-state index in [9.17, 15) is 18.0 Å². The number of pyridine rings is 1. The Labute approximate surface area is 187 Å². The van der Waals surface area contributed by atoms with Crippen molar-refractivity contribution in [2.24, 2.45) is 18.9 Å². The molecule has 10 heteroatoms. The Morgan fingerprint density at radius 1 is 1.16 bits per heavy atom. The molecule has 3 aromatic rings. The standard InChI is InChI=1S/C22H24F3N5OS/c1-28-4-2-14(6-19(28)31)9-29-5-3-15-11-30(12-16(15)10-29)20-18-7-17(8-22(23,24)25)32-21(18)27-13-26-20/h2,4,6-7,13,15-16H,3,5,8-12H2,1H3/t15-,16+/m1/s1. The number of hydrogen-bond acceptors (Lipinski definition) is 6. The van der Waals surface area contributed by atoms with Gasteiger partial charge in [0.05, 0.1) is 11.8 Å². The summed E-state index contributed by atoms with van der Waals surface area (Å²) in [6.07, 6.45) is -0.853. The number of anilines is 1. The van der Waals surface area contributed by atoms with Crippen molar-refractivity contribution in [2.75, 3.05) is 31.1 Å². The number of halogens is 3. The van der Waals surface area contributed by atoms with Crippen molar-refractivity contribution in [3.05, 3.63) is 51.5 Å². The zero-order valence-electron chi connectivity index (χ0n) is 17.7. The smallest absolute Gasteiger partial charge is 0.355 e. The maximum atomic E-state index is 12.8. The number of hydrogen-bond donors (Lipinski definition) is 0. The third-order valence-electron chi connectivity index (χ3n) is 6.49. The van der Waals surface area contributed by atoms with Gasteiger partial charge in [-0.25, -0.2) is 9.97 Å². The van der Waals surface area contributed by atoms with Gasteiger partial charge >= 0.3 is 6.18 Å². The molecule has 0 amide bonds. The number of aromatic nitrogens is 3. The van der Waals surface area contributed by atoms with Crippen molar-refractivity contribution in [3.63, 3.8) is 0 Å². The van der Waals surface area contributed by atoms with Gasteiger partial charge in [0.2, 0.25) is 0 Å². The Morgan fingerprint density at radius 3 is 2.75 bits per heavy atom. The Bertz CT molecular complexity index is 1190. The quantitative estimate of drug-likeness (QED) is 0.593. The zero-order valence-corrected chi connectivity index (χ0v) is 18.5. The first-order valence-corrected chi connectivity index (χ1v) is 11.5. The second-order valence-corrected chi connectivity index (χ2v) is 9.97. The largest absolute Gasteiger partial charge is 0.393 e. The molecule has 2 aliphatic rings. The van der Waals surface area contributed by atoms with Crippen LogP contribution >= 0.6 is 11.3 Å². The van der Waals surface area contributed by atoms with Crippen LogP contribution in [0.2, 0.25) is 0 Å². The van der Waals surface area contributed by atoms with E-state index >= 15 is 0 Å². The van der Waals surface area contributed by atoms with Crippen LogP contribution in [-0.2, 0) is 20.0 Å². The van der Waals surface area contributed by atoms with Gasteiger partial charge < -0.3 is 9.47 Å². The second kappa shape index (κ2) is 8.15. The van der Waals surface area contributed by atoms with Crippen molar-refractivity contribution in [3.8, 4) is 0 Å². The molecular formula is C22H24F3N5OS. The Kier molecular flexibility index (Phi) is 5.45. The number of piperidine rings is 1. The van der Waals surface area contributed by atoms with Gasteiger partial charge in [0.15, 0.2) is 0 Å². The lowest BCUT2D eigenvalue weighted by atomic mass is 9.88. The van der Waals surface area contributed by atoms with E-state index < -0.39 is 12.6 Å². The lowest BCUT2D eigenvalue weighted by Crippen LogP contribution is -2.39. The zero-order chi connectivity index (χ0) is 22.5. The van der Waals surface area contributed by atoms with E-state index in [0.717, 1.165) is 61.9 Å². The number of thiophene rings is 1. The normalized spacial score (nSPS) is 21.9. The first-order chi connectivity index (χ1) is 15.2. The number of rotatable bonds is 4. The highest BCUT2D eigenvalue weighted by molar-refractivity contribution is 7.18. The van der Waals surface area contributed by atoms with Crippen molar-refractivity contribution in [1.29, 1.82) is 0 Å². The van der Waals surface area contributed by atoms with Gasteiger partial charge in [-0.3, -0.25) is 9.69 Å². The van der Waals surface area contributed by atoms with E-state index in [0.29, 0.717) is 22.1 Å². The Hall–Kier alpha value is -2.46. The highest BCUT2D eigenvalue weighted by atomic mass is 32.1. The van der Waals surface area contributed by atoms with Crippen LogP contribution in [0.15, 0.2) is 35.5 Å². The molecule has 2 atom stereocenters. The fourth-order valence-corrected chi connectivity index (χ4v) is 5.96. The summed E-state index contributed by atoms with van der Waals surface area (Å²) in [7, 11) is 1.74. The third-order valence-corrected chi connectivity index (χ3v) is 7.54. The number of nitrogens with zero attached hydrogens (tertiary/aromatic N) is 5. The molecule has 0 saturated carbocycles. The maximum absolute atomic E-state index is 12.8. The van der Waals surface area contributed by atoms with Gasteiger partial charge in [-0.1, -0.05) is 0 Å². The van der Waals surface area contributed by atoms with E-state index in [2.05, 4.69) is 19.8 Å². The number of alkyl halides is 3. The summed E-state index contributed by atoms with van der Waals surface area (Å²) >= 11 is 1.09. The van der Waals surface area contributed by atoms with Gasteiger partial charge in [0.25, 0.3) is 5.56 Å². The Morgan fingerprint density at radius 2 is 1.97 bits per heavy atom. The van der Waals surface area contributed by atoms with E-state index in [4.69, 9.17) is 0 Å². The monoisotopic (exact) mass is 463 g/mol. The minimum Gasteiger partial charge on any atom is -0.355 e. The summed E-state index contributed by atoms with van der Waals surface area (Å²) < 4.78 is 40.1. The lowest BCUT2D eigenvalue weighted by Gasteiger charge is -2.34. The van der Waals surface area contributed by atoms with Gasteiger partial charge in [0, 0.05) is 50.4 Å². The summed E-state index contributed by atoms with van der Waals surface area (Å²) in [4.78, 5) is 26.0. The molecule has 0 aromatic carbocycles. The summed E-state index contributed by atoms with van der Waals surface area (Å²) in [6, 6.07) is 5.29. The van der Waals surface area contributed by atoms with Crippen LogP contribution < -0.4 is 10.5 Å². The van der Waals surface area contributed by atoms with Crippen molar-refractivity contribution < 1.29 is 13.2 Å². The van der Waals surface area contributed by atoms with E-state index in [1.807, 2.05) is 6.07 Å². The fourth-order valence-electron chi connectivity index (χ4n) is 4.94. The SMILES string of the molecule is Cn1ccc(CN2CC[C@@H]3CN(c4ncnc5sc(CC(F)(F)F)cc45)C[C@@H]3C2)cc1=O. The fraction of sp³-hybridized carbons (Fsp3) is 0.500. The number of aryl methyl sites for hydroxylation is 1. The molecule has 0 radical (unpaired) electrons. The molecule has 0 bridgehead atoms. The molecule has 32 heavy (non-hydrogen) atoms. The average molecular weight is 464 g/mol. The molecule has 0 N–H and O–H groups in total. The molecule has 0 aliphatic carbocycles. The molecule has 170 valence electrons. The van der Waals surface area contributed by atoms with Crippen LogP contribution in [0, 0.1) is 11.8 Å². The highest BCUT2D eigenvalue weighted by Crippen LogP contribution is 2.38. The molecule has 5 heterocycles. The summed E-state index contributed by atoms with van der Waals surface area (Å²) in [5.74, 6) is 1.74. The van der Waals surface area contributed by atoms with E-state index in [1.54, 1.807) is 29.9 Å². The van der Waals surface area contributed by atoms with E-state index in [1.165, 1.54) is 6.33 Å². The predicted molar refractivity (Wildman–Crippen MR) is 118 cm³/mol. The molecule has 2 aliphatic heterocycles. The molecule has 2 fully saturated rings. The van der Waals surface area contributed by atoms with Crippen LogP contribution in [0.5, 0.6) is 0 Å². The van der Waals surface area contributed by atoms with Crippen LogP contribution in [0.25, 0.3) is 10.2 Å².